The van der Waals surface area contributed by atoms with Crippen LogP contribution in [0, 0.1) is 0 Å². The molecule has 0 saturated carbocycles. The molecule has 5 nitrogen and oxygen atoms in total. The van der Waals surface area contributed by atoms with Crippen LogP contribution >= 0.6 is 0 Å². The normalized spacial score (nSPS) is 12.2. The van der Waals surface area contributed by atoms with Gasteiger partial charge < -0.3 is 5.73 Å². The Morgan fingerprint density at radius 3 is 2.62 bits per heavy atom. The van der Waals surface area contributed by atoms with Crippen molar-refractivity contribution in [3.05, 3.63) is 66.1 Å². The molecule has 5 heteroatoms. The van der Waals surface area contributed by atoms with E-state index in [0.29, 0.717) is 11.6 Å². The van der Waals surface area contributed by atoms with E-state index in [1.165, 1.54) is 5.56 Å². The summed E-state index contributed by atoms with van der Waals surface area (Å²) < 4.78 is 0. The van der Waals surface area contributed by atoms with Crippen molar-refractivity contribution < 1.29 is 0 Å². The number of rotatable bonds is 5. The molecule has 0 amide bonds. The van der Waals surface area contributed by atoms with Crippen LogP contribution in [0.25, 0.3) is 11.5 Å². The average molecular weight is 279 g/mol. The second kappa shape index (κ2) is 6.28. The lowest BCUT2D eigenvalue weighted by Crippen LogP contribution is -2.13. The third kappa shape index (κ3) is 3.32. The zero-order valence-electron chi connectivity index (χ0n) is 11.6. The van der Waals surface area contributed by atoms with Gasteiger partial charge in [0.15, 0.2) is 5.82 Å². The Morgan fingerprint density at radius 1 is 1.05 bits per heavy atom. The van der Waals surface area contributed by atoms with Crippen LogP contribution in [-0.4, -0.2) is 20.2 Å². The molecule has 0 radical (unpaired) electrons. The van der Waals surface area contributed by atoms with Gasteiger partial charge in [-0.3, -0.25) is 10.1 Å². The van der Waals surface area contributed by atoms with Gasteiger partial charge in [-0.05, 0) is 30.5 Å². The van der Waals surface area contributed by atoms with Crippen molar-refractivity contribution in [1.29, 1.82) is 0 Å². The summed E-state index contributed by atoms with van der Waals surface area (Å²) in [4.78, 5) is 8.67. The predicted octanol–water partition coefficient (Wildman–Crippen LogP) is 2.50. The van der Waals surface area contributed by atoms with Crippen molar-refractivity contribution in [2.45, 2.75) is 18.9 Å². The second-order valence-electron chi connectivity index (χ2n) is 4.89. The van der Waals surface area contributed by atoms with Crippen molar-refractivity contribution in [2.24, 2.45) is 5.73 Å². The maximum absolute atomic E-state index is 6.18. The minimum absolute atomic E-state index is 0.157. The number of aryl methyl sites for hydroxylation is 1. The SMILES string of the molecule is N[C@H](CCc1ccccc1)c1nc(-c2ccccn2)n[nH]1. The van der Waals surface area contributed by atoms with Crippen molar-refractivity contribution >= 4 is 0 Å². The summed E-state index contributed by atoms with van der Waals surface area (Å²) in [6.07, 6.45) is 3.46. The Morgan fingerprint density at radius 2 is 1.86 bits per heavy atom. The number of nitrogens with zero attached hydrogens (tertiary/aromatic N) is 3. The first-order valence-electron chi connectivity index (χ1n) is 6.96. The van der Waals surface area contributed by atoms with Crippen LogP contribution in [0.15, 0.2) is 54.7 Å². The van der Waals surface area contributed by atoms with Gasteiger partial charge in [0.25, 0.3) is 0 Å². The van der Waals surface area contributed by atoms with Crippen molar-refractivity contribution in [3.8, 4) is 11.5 Å². The van der Waals surface area contributed by atoms with Crippen LogP contribution in [0.5, 0.6) is 0 Å². The number of aromatic amines is 1. The van der Waals surface area contributed by atoms with Gasteiger partial charge >= 0.3 is 0 Å². The average Bonchev–Trinajstić information content (AvgIpc) is 3.04. The van der Waals surface area contributed by atoms with Gasteiger partial charge in [-0.2, -0.15) is 5.10 Å². The Hall–Kier alpha value is -2.53. The van der Waals surface area contributed by atoms with Crippen LogP contribution < -0.4 is 5.73 Å². The highest BCUT2D eigenvalue weighted by Gasteiger charge is 2.13. The Balaban J connectivity index is 1.66. The first kappa shape index (κ1) is 13.5. The van der Waals surface area contributed by atoms with Crippen LogP contribution in [0.2, 0.25) is 0 Å². The molecule has 1 aromatic carbocycles. The number of benzene rings is 1. The van der Waals surface area contributed by atoms with Gasteiger partial charge in [0, 0.05) is 6.20 Å². The summed E-state index contributed by atoms with van der Waals surface area (Å²) in [5.41, 5.74) is 8.20. The van der Waals surface area contributed by atoms with E-state index in [1.807, 2.05) is 36.4 Å². The van der Waals surface area contributed by atoms with E-state index >= 15 is 0 Å². The minimum atomic E-state index is -0.157. The van der Waals surface area contributed by atoms with E-state index in [1.54, 1.807) is 6.20 Å². The monoisotopic (exact) mass is 279 g/mol. The van der Waals surface area contributed by atoms with Gasteiger partial charge in [0.1, 0.15) is 11.5 Å². The van der Waals surface area contributed by atoms with E-state index < -0.39 is 0 Å². The molecule has 3 N–H and O–H groups in total. The zero-order chi connectivity index (χ0) is 14.5. The van der Waals surface area contributed by atoms with Crippen molar-refractivity contribution in [1.82, 2.24) is 20.2 Å². The Kier molecular flexibility index (Phi) is 4.02. The van der Waals surface area contributed by atoms with E-state index in [-0.39, 0.29) is 6.04 Å². The van der Waals surface area contributed by atoms with Gasteiger partial charge in [-0.15, -0.1) is 0 Å². The number of H-pyrrole nitrogens is 1. The summed E-state index contributed by atoms with van der Waals surface area (Å²) in [5.74, 6) is 1.28. The Labute approximate surface area is 123 Å². The molecule has 2 aromatic heterocycles. The van der Waals surface area contributed by atoms with Crippen LogP contribution in [0.1, 0.15) is 23.9 Å². The Bertz CT molecular complexity index is 678. The predicted molar refractivity (Wildman–Crippen MR) is 81.3 cm³/mol. The fourth-order valence-electron chi connectivity index (χ4n) is 2.15. The molecule has 21 heavy (non-hydrogen) atoms. The molecule has 0 fully saturated rings. The van der Waals surface area contributed by atoms with Crippen molar-refractivity contribution in [3.63, 3.8) is 0 Å². The molecule has 0 unspecified atom stereocenters. The van der Waals surface area contributed by atoms with E-state index in [9.17, 15) is 0 Å². The molecule has 0 saturated heterocycles. The molecule has 3 rings (SSSR count). The van der Waals surface area contributed by atoms with E-state index in [0.717, 1.165) is 18.5 Å². The quantitative estimate of drug-likeness (QED) is 0.752. The van der Waals surface area contributed by atoms with Gasteiger partial charge in [-0.25, -0.2) is 4.98 Å². The third-order valence-corrected chi connectivity index (χ3v) is 3.33. The molecule has 0 spiro atoms. The summed E-state index contributed by atoms with van der Waals surface area (Å²) in [6.45, 7) is 0. The van der Waals surface area contributed by atoms with Crippen LogP contribution in [0.4, 0.5) is 0 Å². The van der Waals surface area contributed by atoms with E-state index in [2.05, 4.69) is 32.3 Å². The summed E-state index contributed by atoms with van der Waals surface area (Å²) in [5, 5.41) is 7.10. The van der Waals surface area contributed by atoms with Gasteiger partial charge in [0.2, 0.25) is 0 Å². The van der Waals surface area contributed by atoms with Crippen molar-refractivity contribution in [2.75, 3.05) is 0 Å². The topological polar surface area (TPSA) is 80.5 Å². The number of hydrogen-bond acceptors (Lipinski definition) is 4. The molecule has 0 aliphatic rings. The lowest BCUT2D eigenvalue weighted by atomic mass is 10.1. The number of nitrogens with one attached hydrogen (secondary N) is 1. The number of aromatic nitrogens is 4. The molecule has 0 bridgehead atoms. The number of pyridine rings is 1. The maximum atomic E-state index is 6.18. The summed E-state index contributed by atoms with van der Waals surface area (Å²) >= 11 is 0. The second-order valence-corrected chi connectivity index (χ2v) is 4.89. The minimum Gasteiger partial charge on any atom is -0.321 e. The zero-order valence-corrected chi connectivity index (χ0v) is 11.6. The third-order valence-electron chi connectivity index (χ3n) is 3.33. The number of hydrogen-bond donors (Lipinski definition) is 2. The molecule has 106 valence electrons. The summed E-state index contributed by atoms with van der Waals surface area (Å²) in [7, 11) is 0. The largest absolute Gasteiger partial charge is 0.321 e. The first-order valence-corrected chi connectivity index (χ1v) is 6.96. The summed E-state index contributed by atoms with van der Waals surface area (Å²) in [6, 6.07) is 15.8. The van der Waals surface area contributed by atoms with Gasteiger partial charge in [0.05, 0.1) is 6.04 Å². The van der Waals surface area contributed by atoms with E-state index in [4.69, 9.17) is 5.73 Å². The highest BCUT2D eigenvalue weighted by Crippen LogP contribution is 2.16. The van der Waals surface area contributed by atoms with Crippen LogP contribution in [-0.2, 0) is 6.42 Å². The maximum Gasteiger partial charge on any atom is 0.199 e. The number of nitrogens with two attached hydrogens (primary N) is 1. The van der Waals surface area contributed by atoms with Crippen LogP contribution in [0.3, 0.4) is 0 Å². The molecule has 0 aliphatic heterocycles. The standard InChI is InChI=1S/C16H17N5/c17-13(10-9-12-6-2-1-3-7-12)15-19-16(21-20-15)14-8-4-5-11-18-14/h1-8,11,13H,9-10,17H2,(H,19,20,21)/t13-/m1/s1. The smallest absolute Gasteiger partial charge is 0.199 e. The fourth-order valence-corrected chi connectivity index (χ4v) is 2.15. The molecule has 0 aliphatic carbocycles. The lowest BCUT2D eigenvalue weighted by molar-refractivity contribution is 0.615. The molecular weight excluding hydrogens is 262 g/mol. The van der Waals surface area contributed by atoms with Gasteiger partial charge in [-0.1, -0.05) is 36.4 Å². The fraction of sp³-hybridized carbons (Fsp3) is 0.188. The molecule has 3 aromatic rings. The highest BCUT2D eigenvalue weighted by atomic mass is 15.2. The molecule has 2 heterocycles. The molecular formula is C16H17N5. The lowest BCUT2D eigenvalue weighted by Gasteiger charge is -2.07. The molecule has 1 atom stereocenters. The first-order chi connectivity index (χ1) is 10.3. The highest BCUT2D eigenvalue weighted by molar-refractivity contribution is 5.47.